The fraction of sp³-hybridized carbons (Fsp3) is 0.192. The molecule has 1 aromatic heterocycles. The number of carbonyl (C=O) groups excluding carboxylic acids is 1. The van der Waals surface area contributed by atoms with Gasteiger partial charge in [0.05, 0.1) is 26.6 Å². The first-order valence-corrected chi connectivity index (χ1v) is 11.7. The van der Waals surface area contributed by atoms with Crippen molar-refractivity contribution in [2.45, 2.75) is 12.1 Å². The molecule has 0 aliphatic rings. The molecular weight excluding hydrogens is 452 g/mol. The number of benzene rings is 3. The average molecular weight is 477 g/mol. The quantitative estimate of drug-likeness (QED) is 0.210. The SMILES string of the molecule is CCOc1c(OC)cc(-c2nnc(SCC(=O)c3ccc(-c4ccccc4)cc3)o2)cc1OC. The van der Waals surface area contributed by atoms with Gasteiger partial charge in [0.2, 0.25) is 11.6 Å². The van der Waals surface area contributed by atoms with Gasteiger partial charge in [-0.2, -0.15) is 0 Å². The topological polar surface area (TPSA) is 83.7 Å². The number of Topliss-reactive ketones (excluding diaryl/α,β-unsaturated/α-hetero) is 1. The smallest absolute Gasteiger partial charge is 0.277 e. The summed E-state index contributed by atoms with van der Waals surface area (Å²) in [5, 5.41) is 8.47. The molecule has 0 aliphatic carbocycles. The molecule has 0 bridgehead atoms. The maximum absolute atomic E-state index is 12.7. The minimum atomic E-state index is -0.0197. The van der Waals surface area contributed by atoms with E-state index in [1.165, 1.54) is 11.8 Å². The molecule has 0 spiro atoms. The van der Waals surface area contributed by atoms with Crippen LogP contribution in [0.5, 0.6) is 17.2 Å². The lowest BCUT2D eigenvalue weighted by Crippen LogP contribution is -2.02. The van der Waals surface area contributed by atoms with Crippen molar-refractivity contribution in [3.05, 3.63) is 72.3 Å². The molecule has 34 heavy (non-hydrogen) atoms. The maximum atomic E-state index is 12.7. The molecule has 4 aromatic rings. The third kappa shape index (κ3) is 5.23. The molecule has 174 valence electrons. The summed E-state index contributed by atoms with van der Waals surface area (Å²) in [6.45, 7) is 2.35. The van der Waals surface area contributed by atoms with Crippen LogP contribution in [0.3, 0.4) is 0 Å². The zero-order chi connectivity index (χ0) is 23.9. The van der Waals surface area contributed by atoms with E-state index in [-0.39, 0.29) is 11.5 Å². The van der Waals surface area contributed by atoms with Crippen LogP contribution in [0.2, 0.25) is 0 Å². The summed E-state index contributed by atoms with van der Waals surface area (Å²) >= 11 is 1.19. The van der Waals surface area contributed by atoms with Crippen LogP contribution < -0.4 is 14.2 Å². The molecule has 0 atom stereocenters. The van der Waals surface area contributed by atoms with E-state index in [4.69, 9.17) is 18.6 Å². The highest BCUT2D eigenvalue weighted by molar-refractivity contribution is 7.99. The van der Waals surface area contributed by atoms with Crippen molar-refractivity contribution in [3.63, 3.8) is 0 Å². The summed E-state index contributed by atoms with van der Waals surface area (Å²) in [4.78, 5) is 12.7. The molecule has 0 N–H and O–H groups in total. The van der Waals surface area contributed by atoms with E-state index in [0.29, 0.717) is 46.1 Å². The van der Waals surface area contributed by atoms with Gasteiger partial charge in [-0.15, -0.1) is 10.2 Å². The lowest BCUT2D eigenvalue weighted by molar-refractivity contribution is 0.102. The second kappa shape index (κ2) is 10.9. The molecule has 0 unspecified atom stereocenters. The Morgan fingerprint density at radius 3 is 2.15 bits per heavy atom. The minimum Gasteiger partial charge on any atom is -0.493 e. The van der Waals surface area contributed by atoms with Gasteiger partial charge in [-0.25, -0.2) is 0 Å². The van der Waals surface area contributed by atoms with Gasteiger partial charge in [0.15, 0.2) is 17.3 Å². The number of rotatable bonds is 10. The Morgan fingerprint density at radius 1 is 0.882 bits per heavy atom. The van der Waals surface area contributed by atoms with Crippen molar-refractivity contribution in [1.82, 2.24) is 10.2 Å². The lowest BCUT2D eigenvalue weighted by Gasteiger charge is -2.14. The Labute approximate surface area is 202 Å². The highest BCUT2D eigenvalue weighted by Crippen LogP contribution is 2.41. The number of thioether (sulfide) groups is 1. The summed E-state index contributed by atoms with van der Waals surface area (Å²) in [7, 11) is 3.10. The number of hydrogen-bond acceptors (Lipinski definition) is 8. The fourth-order valence-corrected chi connectivity index (χ4v) is 4.02. The third-order valence-electron chi connectivity index (χ3n) is 5.04. The number of methoxy groups -OCH3 is 2. The van der Waals surface area contributed by atoms with Crippen LogP contribution in [0.15, 0.2) is 76.4 Å². The molecule has 8 heteroatoms. The van der Waals surface area contributed by atoms with Crippen molar-refractivity contribution >= 4 is 17.5 Å². The average Bonchev–Trinajstić information content (AvgIpc) is 3.37. The highest BCUT2D eigenvalue weighted by atomic mass is 32.2. The Morgan fingerprint density at radius 2 is 1.53 bits per heavy atom. The van der Waals surface area contributed by atoms with E-state index < -0.39 is 0 Å². The van der Waals surface area contributed by atoms with E-state index in [1.807, 2.05) is 61.5 Å². The van der Waals surface area contributed by atoms with Gasteiger partial charge < -0.3 is 18.6 Å². The minimum absolute atomic E-state index is 0.0197. The van der Waals surface area contributed by atoms with Crippen LogP contribution in [0.4, 0.5) is 0 Å². The molecule has 7 nitrogen and oxygen atoms in total. The molecule has 1 heterocycles. The Hall–Kier alpha value is -3.78. The summed E-state index contributed by atoms with van der Waals surface area (Å²) < 4.78 is 22.3. The Bertz CT molecular complexity index is 1230. The molecule has 0 amide bonds. The first kappa shape index (κ1) is 23.4. The Kier molecular flexibility index (Phi) is 7.49. The number of aromatic nitrogens is 2. The second-order valence-electron chi connectivity index (χ2n) is 7.17. The zero-order valence-electron chi connectivity index (χ0n) is 19.1. The standard InChI is InChI=1S/C26H24N2O5S/c1-4-32-24-22(30-2)14-20(15-23(24)31-3)25-27-28-26(33-25)34-16-21(29)19-12-10-18(11-13-19)17-8-6-5-7-9-17/h5-15H,4,16H2,1-3H3. The van der Waals surface area contributed by atoms with Crippen molar-refractivity contribution in [2.24, 2.45) is 0 Å². The molecule has 4 rings (SSSR count). The van der Waals surface area contributed by atoms with E-state index in [9.17, 15) is 4.79 Å². The van der Waals surface area contributed by atoms with Crippen LogP contribution in [-0.2, 0) is 0 Å². The summed E-state index contributed by atoms with van der Waals surface area (Å²) in [6.07, 6.45) is 0. The second-order valence-corrected chi connectivity index (χ2v) is 8.10. The van der Waals surface area contributed by atoms with E-state index in [2.05, 4.69) is 10.2 Å². The van der Waals surface area contributed by atoms with Gasteiger partial charge in [0.1, 0.15) is 0 Å². The number of ether oxygens (including phenoxy) is 3. The van der Waals surface area contributed by atoms with Gasteiger partial charge >= 0.3 is 0 Å². The van der Waals surface area contributed by atoms with Gasteiger partial charge in [-0.1, -0.05) is 66.4 Å². The molecule has 0 radical (unpaired) electrons. The number of hydrogen-bond donors (Lipinski definition) is 0. The number of carbonyl (C=O) groups is 1. The molecule has 0 aliphatic heterocycles. The predicted octanol–water partition coefficient (Wildman–Crippen LogP) is 5.79. The summed E-state index contributed by atoms with van der Waals surface area (Å²) in [5.41, 5.74) is 3.43. The van der Waals surface area contributed by atoms with Crippen LogP contribution in [0, 0.1) is 0 Å². The van der Waals surface area contributed by atoms with Gasteiger partial charge in [-0.3, -0.25) is 4.79 Å². The largest absolute Gasteiger partial charge is 0.493 e. The molecular formula is C26H24N2O5S. The highest BCUT2D eigenvalue weighted by Gasteiger charge is 2.18. The van der Waals surface area contributed by atoms with E-state index in [1.54, 1.807) is 26.4 Å². The maximum Gasteiger partial charge on any atom is 0.277 e. The van der Waals surface area contributed by atoms with Crippen LogP contribution in [0.25, 0.3) is 22.6 Å². The number of nitrogens with zero attached hydrogens (tertiary/aromatic N) is 2. The van der Waals surface area contributed by atoms with Gasteiger partial charge in [0, 0.05) is 11.1 Å². The normalized spacial score (nSPS) is 10.7. The summed E-state index contributed by atoms with van der Waals surface area (Å²) in [6, 6.07) is 21.1. The fourth-order valence-electron chi connectivity index (χ4n) is 3.36. The zero-order valence-corrected chi connectivity index (χ0v) is 19.9. The van der Waals surface area contributed by atoms with Crippen LogP contribution in [-0.4, -0.2) is 42.6 Å². The molecule has 0 saturated heterocycles. The van der Waals surface area contributed by atoms with Crippen LogP contribution in [0.1, 0.15) is 17.3 Å². The first-order valence-electron chi connectivity index (χ1n) is 10.7. The van der Waals surface area contributed by atoms with E-state index >= 15 is 0 Å². The molecule has 0 fully saturated rings. The summed E-state index contributed by atoms with van der Waals surface area (Å²) in [5.74, 6) is 1.96. The van der Waals surface area contributed by atoms with Crippen molar-refractivity contribution < 1.29 is 23.4 Å². The van der Waals surface area contributed by atoms with Crippen molar-refractivity contribution in [1.29, 1.82) is 0 Å². The number of ketones is 1. The van der Waals surface area contributed by atoms with Crippen molar-refractivity contribution in [2.75, 3.05) is 26.6 Å². The van der Waals surface area contributed by atoms with Gasteiger partial charge in [0.25, 0.3) is 5.22 Å². The van der Waals surface area contributed by atoms with Crippen molar-refractivity contribution in [3.8, 4) is 39.8 Å². The Balaban J connectivity index is 1.44. The monoisotopic (exact) mass is 476 g/mol. The molecule has 0 saturated carbocycles. The van der Waals surface area contributed by atoms with E-state index in [0.717, 1.165) is 11.1 Å². The third-order valence-corrected chi connectivity index (χ3v) is 5.86. The van der Waals surface area contributed by atoms with Gasteiger partial charge in [-0.05, 0) is 30.2 Å². The van der Waals surface area contributed by atoms with Crippen LogP contribution >= 0.6 is 11.8 Å². The first-order chi connectivity index (χ1) is 16.6. The lowest BCUT2D eigenvalue weighted by atomic mass is 10.0. The molecule has 3 aromatic carbocycles. The predicted molar refractivity (Wildman–Crippen MR) is 131 cm³/mol.